The molecule has 0 saturated heterocycles. The topological polar surface area (TPSA) is 92.7 Å². The molecule has 0 radical (unpaired) electrons. The Labute approximate surface area is 214 Å². The smallest absolute Gasteiger partial charge is 0.229 e. The van der Waals surface area contributed by atoms with E-state index in [-0.39, 0.29) is 40.3 Å². The van der Waals surface area contributed by atoms with Gasteiger partial charge in [-0.2, -0.15) is 0 Å². The molecule has 0 saturated carbocycles. The minimum atomic E-state index is -3.60. The summed E-state index contributed by atoms with van der Waals surface area (Å²) < 4.78 is 105. The summed E-state index contributed by atoms with van der Waals surface area (Å²) in [6.07, 6.45) is 8.53. The van der Waals surface area contributed by atoms with Crippen molar-refractivity contribution in [3.8, 4) is 5.75 Å². The number of aliphatic hydroxyl groups is 1. The van der Waals surface area contributed by atoms with Gasteiger partial charge >= 0.3 is 0 Å². The highest BCUT2D eigenvalue weighted by Gasteiger charge is 2.24. The predicted octanol–water partition coefficient (Wildman–Crippen LogP) is 4.94. The Kier molecular flexibility index (Phi) is 4.61. The van der Waals surface area contributed by atoms with Crippen LogP contribution in [-0.4, -0.2) is 32.7 Å². The first-order chi connectivity index (χ1) is 19.7. The lowest BCUT2D eigenvalue weighted by atomic mass is 9.82. The third-order valence-corrected chi connectivity index (χ3v) is 5.70. The number of ketones is 1. The predicted molar refractivity (Wildman–Crippen MR) is 138 cm³/mol. The van der Waals surface area contributed by atoms with Gasteiger partial charge in [-0.25, -0.2) is 8.42 Å². The molecule has 0 aliphatic heterocycles. The molecular weight excluding hydrogens is 450 g/mol. The molecule has 0 spiro atoms. The summed E-state index contributed by atoms with van der Waals surface area (Å²) in [7, 11) is -2.46. The van der Waals surface area contributed by atoms with Crippen LogP contribution in [-0.2, 0) is 26.8 Å². The number of sulfonamides is 1. The van der Waals surface area contributed by atoms with Crippen LogP contribution in [0, 0.1) is 0 Å². The van der Waals surface area contributed by atoms with Crippen LogP contribution in [0.1, 0.15) is 67.1 Å². The average molecular weight is 491 g/mol. The number of methoxy groups -OCH3 is 1. The molecule has 2 N–H and O–H groups in total. The minimum Gasteiger partial charge on any atom is -0.496 e. The second kappa shape index (κ2) is 9.99. The number of aliphatic hydroxyl groups excluding tert-OH is 1. The molecule has 0 unspecified atom stereocenters. The van der Waals surface area contributed by atoms with Crippen molar-refractivity contribution in [2.45, 2.75) is 39.0 Å². The van der Waals surface area contributed by atoms with E-state index in [1.165, 1.54) is 42.5 Å². The van der Waals surface area contributed by atoms with Crippen LogP contribution in [0.4, 0.5) is 5.69 Å². The maximum absolute atomic E-state index is 12.8. The highest BCUT2D eigenvalue weighted by molar-refractivity contribution is 7.92. The van der Waals surface area contributed by atoms with Gasteiger partial charge in [-0.05, 0) is 46.4 Å². The van der Waals surface area contributed by atoms with Crippen molar-refractivity contribution < 1.29 is 35.4 Å². The van der Waals surface area contributed by atoms with Crippen molar-refractivity contribution in [1.82, 2.24) is 0 Å². The first-order valence-corrected chi connectivity index (χ1v) is 12.1. The monoisotopic (exact) mass is 490 g/mol. The molecule has 180 valence electrons. The molecule has 2 aromatic carbocycles. The Balaban J connectivity index is 2.42. The third kappa shape index (κ3) is 6.04. The Morgan fingerprint density at radius 3 is 2.53 bits per heavy atom. The van der Waals surface area contributed by atoms with Crippen molar-refractivity contribution >= 4 is 39.2 Å². The summed E-state index contributed by atoms with van der Waals surface area (Å²) in [6.45, 7) is -11.3. The molecule has 0 bridgehead atoms. The maximum atomic E-state index is 12.8. The van der Waals surface area contributed by atoms with Gasteiger partial charge in [-0.1, -0.05) is 57.0 Å². The van der Waals surface area contributed by atoms with Gasteiger partial charge in [-0.3, -0.25) is 9.52 Å². The van der Waals surface area contributed by atoms with Crippen LogP contribution in [0.25, 0.3) is 17.7 Å². The van der Waals surface area contributed by atoms with E-state index < -0.39 is 48.2 Å². The van der Waals surface area contributed by atoms with Crippen molar-refractivity contribution in [3.63, 3.8) is 0 Å². The number of hydrogen-bond acceptors (Lipinski definition) is 5. The molecule has 2 aromatic rings. The van der Waals surface area contributed by atoms with Gasteiger partial charge in [0.05, 0.1) is 20.0 Å². The Bertz CT molecular complexity index is 1570. The zero-order valence-electron chi connectivity index (χ0n) is 27.7. The average Bonchev–Trinajstić information content (AvgIpc) is 2.84. The van der Waals surface area contributed by atoms with Gasteiger partial charge in [0.2, 0.25) is 10.0 Å². The lowest BCUT2D eigenvalue weighted by Gasteiger charge is -2.25. The van der Waals surface area contributed by atoms with E-state index in [0.717, 1.165) is 19.4 Å². The fraction of sp³-hybridized carbons (Fsp3) is 0.296. The standard InChI is InChI=1S/C27H31NO5S/c1-27(2,3)24-16-20(23-8-6-7-9-25(23)30)14-19(26(24)33-4)11-10-18-12-13-22(15-21(18)17-29)28-34(5,31)32/h6-8,10-16,28-29H,9,17H2,1-5H3/b11-10+/i1D3,2D3,3D3. The fourth-order valence-electron chi connectivity index (χ4n) is 3.60. The van der Waals surface area contributed by atoms with Gasteiger partial charge in [0, 0.05) is 41.1 Å². The Morgan fingerprint density at radius 2 is 1.91 bits per heavy atom. The number of carbonyl (C=O) groups is 1. The van der Waals surface area contributed by atoms with Crippen LogP contribution in [0.15, 0.2) is 48.6 Å². The zero-order valence-corrected chi connectivity index (χ0v) is 19.5. The van der Waals surface area contributed by atoms with Gasteiger partial charge in [-0.15, -0.1) is 0 Å². The third-order valence-electron chi connectivity index (χ3n) is 5.10. The number of benzene rings is 2. The van der Waals surface area contributed by atoms with Crippen molar-refractivity contribution in [1.29, 1.82) is 0 Å². The summed E-state index contributed by atoms with van der Waals surface area (Å²) in [5, 5.41) is 9.93. The number of allylic oxidation sites excluding steroid dienone is 4. The molecule has 6 nitrogen and oxygen atoms in total. The van der Waals surface area contributed by atoms with Gasteiger partial charge in [0.1, 0.15) is 5.75 Å². The normalized spacial score (nSPS) is 19.4. The summed E-state index contributed by atoms with van der Waals surface area (Å²) >= 11 is 0. The van der Waals surface area contributed by atoms with Crippen LogP contribution in [0.2, 0.25) is 0 Å². The molecule has 1 aliphatic rings. The van der Waals surface area contributed by atoms with E-state index in [0.29, 0.717) is 11.1 Å². The largest absolute Gasteiger partial charge is 0.496 e. The van der Waals surface area contributed by atoms with Crippen LogP contribution in [0.5, 0.6) is 5.75 Å². The lowest BCUT2D eigenvalue weighted by molar-refractivity contribution is -0.113. The lowest BCUT2D eigenvalue weighted by Crippen LogP contribution is -2.15. The van der Waals surface area contributed by atoms with Gasteiger partial charge in [0.25, 0.3) is 0 Å². The number of anilines is 1. The molecule has 0 fully saturated rings. The second-order valence-corrected chi connectivity index (χ2v) is 9.56. The highest BCUT2D eigenvalue weighted by Crippen LogP contribution is 2.38. The number of hydrogen-bond donors (Lipinski definition) is 2. The van der Waals surface area contributed by atoms with Crippen molar-refractivity contribution in [3.05, 3.63) is 76.4 Å². The number of carbonyl (C=O) groups excluding carboxylic acids is 1. The van der Waals surface area contributed by atoms with E-state index in [4.69, 9.17) is 17.1 Å². The first kappa shape index (κ1) is 15.7. The molecule has 0 atom stereocenters. The molecule has 0 aromatic heterocycles. The highest BCUT2D eigenvalue weighted by atomic mass is 32.2. The number of nitrogens with one attached hydrogen (secondary N) is 1. The van der Waals surface area contributed by atoms with Crippen LogP contribution in [0.3, 0.4) is 0 Å². The molecule has 3 rings (SSSR count). The first-order valence-electron chi connectivity index (χ1n) is 14.7. The SMILES string of the molecule is [2H]C([2H])([2H])C(c1cc(C2=CC=CCC2=O)cc(/C=C/c2ccc(NS(C)(=O)=O)cc2CO)c1OC)(C([2H])([2H])[2H])C([2H])([2H])[2H]. The number of Topliss-reactive ketones (excluding diaryl/α,β-unsaturated/α-hetero) is 1. The van der Waals surface area contributed by atoms with Crippen LogP contribution >= 0.6 is 0 Å². The van der Waals surface area contributed by atoms with Gasteiger partial charge in [0.15, 0.2) is 5.78 Å². The maximum Gasteiger partial charge on any atom is 0.229 e. The van der Waals surface area contributed by atoms with Gasteiger partial charge < -0.3 is 9.84 Å². The summed E-state index contributed by atoms with van der Waals surface area (Å²) in [5.41, 5.74) is -2.91. The molecule has 0 amide bonds. The summed E-state index contributed by atoms with van der Waals surface area (Å²) in [6, 6.07) is 6.88. The molecule has 1 aliphatic carbocycles. The van der Waals surface area contributed by atoms with E-state index in [1.54, 1.807) is 12.2 Å². The summed E-state index contributed by atoms with van der Waals surface area (Å²) in [4.78, 5) is 12.8. The van der Waals surface area contributed by atoms with E-state index in [9.17, 15) is 18.3 Å². The second-order valence-electron chi connectivity index (χ2n) is 7.81. The molecule has 7 heteroatoms. The Hall–Kier alpha value is -3.16. The fourth-order valence-corrected chi connectivity index (χ4v) is 4.15. The summed E-state index contributed by atoms with van der Waals surface area (Å²) in [5.74, 6) is -0.698. The van der Waals surface area contributed by atoms with E-state index in [1.807, 2.05) is 0 Å². The van der Waals surface area contributed by atoms with Crippen molar-refractivity contribution in [2.24, 2.45) is 0 Å². The number of ether oxygens (including phenoxy) is 1. The number of rotatable bonds is 7. The van der Waals surface area contributed by atoms with E-state index in [2.05, 4.69) is 4.72 Å². The molecule has 34 heavy (non-hydrogen) atoms. The van der Waals surface area contributed by atoms with Crippen LogP contribution < -0.4 is 9.46 Å². The quantitative estimate of drug-likeness (QED) is 0.537. The molecular formula is C27H31NO5S. The minimum absolute atomic E-state index is 0.0229. The Morgan fingerprint density at radius 1 is 1.18 bits per heavy atom. The molecule has 0 heterocycles. The zero-order chi connectivity index (χ0) is 32.6. The van der Waals surface area contributed by atoms with E-state index >= 15 is 0 Å². The van der Waals surface area contributed by atoms with Crippen molar-refractivity contribution in [2.75, 3.05) is 18.1 Å².